The number of esters is 1. The van der Waals surface area contributed by atoms with Crippen LogP contribution in [0.15, 0.2) is 48.6 Å². The van der Waals surface area contributed by atoms with Gasteiger partial charge in [-0.1, -0.05) is 223 Å². The molecule has 0 radical (unpaired) electrons. The Morgan fingerprint density at radius 2 is 0.836 bits per heavy atom. The third-order valence-electron chi connectivity index (χ3n) is 11.8. The smallest absolute Gasteiger partial charge is 0.305 e. The first-order valence-electron chi connectivity index (χ1n) is 26.4. The van der Waals surface area contributed by atoms with Gasteiger partial charge in [0.1, 0.15) is 0 Å². The van der Waals surface area contributed by atoms with Crippen molar-refractivity contribution in [3.63, 3.8) is 0 Å². The molecule has 3 N–H and O–H groups in total. The van der Waals surface area contributed by atoms with Gasteiger partial charge in [0.2, 0.25) is 5.91 Å². The molecule has 0 saturated heterocycles. The molecule has 0 fully saturated rings. The maximum absolute atomic E-state index is 12.4. The molecule has 356 valence electrons. The molecule has 0 aliphatic rings. The van der Waals surface area contributed by atoms with Gasteiger partial charge < -0.3 is 20.3 Å². The predicted octanol–water partition coefficient (Wildman–Crippen LogP) is 15.8. The zero-order valence-electron chi connectivity index (χ0n) is 40.4. The van der Waals surface area contributed by atoms with Gasteiger partial charge in [-0.15, -0.1) is 0 Å². The minimum absolute atomic E-state index is 0.0223. The molecule has 0 aliphatic heterocycles. The van der Waals surface area contributed by atoms with E-state index >= 15 is 0 Å². The molecule has 61 heavy (non-hydrogen) atoms. The summed E-state index contributed by atoms with van der Waals surface area (Å²) in [5, 5.41) is 22.9. The van der Waals surface area contributed by atoms with Crippen LogP contribution in [-0.4, -0.2) is 47.4 Å². The Morgan fingerprint density at radius 1 is 0.459 bits per heavy atom. The predicted molar refractivity (Wildman–Crippen MR) is 264 cm³/mol. The molecule has 0 bridgehead atoms. The van der Waals surface area contributed by atoms with E-state index in [1.54, 1.807) is 6.08 Å². The number of rotatable bonds is 48. The van der Waals surface area contributed by atoms with E-state index in [0.29, 0.717) is 25.9 Å². The quantitative estimate of drug-likeness (QED) is 0.0322. The zero-order chi connectivity index (χ0) is 44.4. The number of nitrogens with one attached hydrogen (secondary N) is 1. The number of unbranched alkanes of at least 4 members (excludes halogenated alkanes) is 31. The lowest BCUT2D eigenvalue weighted by atomic mass is 10.0. The van der Waals surface area contributed by atoms with Crippen molar-refractivity contribution in [2.75, 3.05) is 13.2 Å². The van der Waals surface area contributed by atoms with Gasteiger partial charge in [-0.05, 0) is 77.0 Å². The summed E-state index contributed by atoms with van der Waals surface area (Å²) < 4.78 is 5.46. The van der Waals surface area contributed by atoms with E-state index < -0.39 is 12.1 Å². The maximum atomic E-state index is 12.4. The van der Waals surface area contributed by atoms with Crippen LogP contribution in [0.25, 0.3) is 0 Å². The van der Waals surface area contributed by atoms with Gasteiger partial charge in [0, 0.05) is 12.8 Å². The number of ether oxygens (including phenoxy) is 1. The topological polar surface area (TPSA) is 95.9 Å². The normalized spacial score (nSPS) is 13.0. The van der Waals surface area contributed by atoms with Crippen LogP contribution >= 0.6 is 0 Å². The van der Waals surface area contributed by atoms with Crippen LogP contribution in [-0.2, 0) is 14.3 Å². The Morgan fingerprint density at radius 3 is 1.30 bits per heavy atom. The first-order valence-corrected chi connectivity index (χ1v) is 26.4. The molecule has 2 atom stereocenters. The van der Waals surface area contributed by atoms with Crippen molar-refractivity contribution in [2.24, 2.45) is 0 Å². The Labute approximate surface area is 378 Å². The van der Waals surface area contributed by atoms with Crippen molar-refractivity contribution in [1.82, 2.24) is 5.32 Å². The highest BCUT2D eigenvalue weighted by molar-refractivity contribution is 5.76. The molecular formula is C55H101NO5. The van der Waals surface area contributed by atoms with Crippen molar-refractivity contribution in [1.29, 1.82) is 0 Å². The lowest BCUT2D eigenvalue weighted by Gasteiger charge is -2.19. The second-order valence-electron chi connectivity index (χ2n) is 17.8. The molecule has 0 spiro atoms. The average molecular weight is 856 g/mol. The third-order valence-corrected chi connectivity index (χ3v) is 11.8. The zero-order valence-corrected chi connectivity index (χ0v) is 40.4. The summed E-state index contributed by atoms with van der Waals surface area (Å²) >= 11 is 0. The number of hydrogen-bond acceptors (Lipinski definition) is 5. The number of carbonyl (C=O) groups is 2. The van der Waals surface area contributed by atoms with Crippen LogP contribution < -0.4 is 5.32 Å². The minimum atomic E-state index is -0.879. The molecular weight excluding hydrogens is 755 g/mol. The summed E-state index contributed by atoms with van der Waals surface area (Å²) in [5.41, 5.74) is 0. The Kier molecular flexibility index (Phi) is 48.7. The van der Waals surface area contributed by atoms with Crippen molar-refractivity contribution < 1.29 is 24.5 Å². The second-order valence-corrected chi connectivity index (χ2v) is 17.8. The average Bonchev–Trinajstić information content (AvgIpc) is 3.26. The summed E-state index contributed by atoms with van der Waals surface area (Å²) in [6, 6.07) is -0.672. The number of carbonyl (C=O) groups excluding carboxylic acids is 2. The summed E-state index contributed by atoms with van der Waals surface area (Å²) in [4.78, 5) is 24.4. The molecule has 6 nitrogen and oxygen atoms in total. The molecule has 6 heteroatoms. The van der Waals surface area contributed by atoms with Crippen molar-refractivity contribution in [3.8, 4) is 0 Å². The highest BCUT2D eigenvalue weighted by Gasteiger charge is 2.17. The Hall–Kier alpha value is -2.18. The van der Waals surface area contributed by atoms with Gasteiger partial charge in [-0.2, -0.15) is 0 Å². The molecule has 0 heterocycles. The fraction of sp³-hybridized carbons (Fsp3) is 0.818. The standard InChI is InChI=1S/C55H101NO5/c1-3-5-7-9-11-13-15-17-18-19-20-21-25-29-33-37-41-45-49-55(60)61-50-46-42-38-34-30-26-22-24-28-32-36-40-44-48-54(59)56-52(51-57)53(58)47-43-39-35-31-27-23-16-14-12-10-8-6-4-2/h18-19,24,28,36,40,43,47,52-53,57-58H,3-17,20-23,25-27,29-35,37-39,41-42,44-46,48-51H2,1-2H3,(H,56,59)/b19-18-,28-24-,40-36-,47-43+. The number of hydrogen-bond donors (Lipinski definition) is 3. The second kappa shape index (κ2) is 50.5. The van der Waals surface area contributed by atoms with Crippen LogP contribution in [0.1, 0.15) is 264 Å². The fourth-order valence-electron chi connectivity index (χ4n) is 7.74. The van der Waals surface area contributed by atoms with Crippen LogP contribution in [0.4, 0.5) is 0 Å². The van der Waals surface area contributed by atoms with Crippen molar-refractivity contribution >= 4 is 11.9 Å². The van der Waals surface area contributed by atoms with Gasteiger partial charge in [0.15, 0.2) is 0 Å². The molecule has 1 amide bonds. The first kappa shape index (κ1) is 58.8. The third kappa shape index (κ3) is 47.1. The molecule has 0 rings (SSSR count). The molecule has 2 unspecified atom stereocenters. The highest BCUT2D eigenvalue weighted by Crippen LogP contribution is 2.15. The van der Waals surface area contributed by atoms with E-state index in [2.05, 4.69) is 49.5 Å². The Bertz CT molecular complexity index is 1040. The molecule has 0 saturated carbocycles. The lowest BCUT2D eigenvalue weighted by Crippen LogP contribution is -2.45. The van der Waals surface area contributed by atoms with Gasteiger partial charge in [0.25, 0.3) is 0 Å². The number of amides is 1. The van der Waals surface area contributed by atoms with Crippen LogP contribution in [0.5, 0.6) is 0 Å². The van der Waals surface area contributed by atoms with E-state index in [0.717, 1.165) is 51.4 Å². The Balaban J connectivity index is 3.56. The summed E-state index contributed by atoms with van der Waals surface area (Å²) in [7, 11) is 0. The van der Waals surface area contributed by atoms with E-state index in [4.69, 9.17) is 4.74 Å². The fourth-order valence-corrected chi connectivity index (χ4v) is 7.74. The van der Waals surface area contributed by atoms with Crippen LogP contribution in [0.3, 0.4) is 0 Å². The maximum Gasteiger partial charge on any atom is 0.305 e. The number of allylic oxidation sites excluding steroid dienone is 7. The van der Waals surface area contributed by atoms with Gasteiger partial charge in [-0.25, -0.2) is 0 Å². The van der Waals surface area contributed by atoms with Gasteiger partial charge in [0.05, 0.1) is 25.4 Å². The molecule has 0 aromatic rings. The summed E-state index contributed by atoms with van der Waals surface area (Å²) in [6.45, 7) is 4.82. The number of aliphatic hydroxyl groups excluding tert-OH is 2. The number of aliphatic hydroxyl groups is 2. The largest absolute Gasteiger partial charge is 0.466 e. The highest BCUT2D eigenvalue weighted by atomic mass is 16.5. The summed E-state index contributed by atoms with van der Waals surface area (Å²) in [5.74, 6) is -0.172. The minimum Gasteiger partial charge on any atom is -0.466 e. The lowest BCUT2D eigenvalue weighted by molar-refractivity contribution is -0.143. The van der Waals surface area contributed by atoms with E-state index in [1.807, 2.05) is 12.2 Å². The van der Waals surface area contributed by atoms with Crippen LogP contribution in [0.2, 0.25) is 0 Å². The molecule has 0 aromatic carbocycles. The first-order chi connectivity index (χ1) is 30.0. The molecule has 0 aliphatic carbocycles. The SMILES string of the molecule is CCCCCCCCC/C=C\CCCCCCCCCC(=O)OCCCCCCCC/C=C\C/C=C\CCC(=O)NC(CO)C(O)/C=C/CCCCCCCCCCCCC. The van der Waals surface area contributed by atoms with E-state index in [-0.39, 0.29) is 18.5 Å². The van der Waals surface area contributed by atoms with E-state index in [9.17, 15) is 19.8 Å². The van der Waals surface area contributed by atoms with Gasteiger partial charge >= 0.3 is 5.97 Å². The van der Waals surface area contributed by atoms with E-state index in [1.165, 1.54) is 180 Å². The monoisotopic (exact) mass is 856 g/mol. The van der Waals surface area contributed by atoms with Gasteiger partial charge in [-0.3, -0.25) is 9.59 Å². The van der Waals surface area contributed by atoms with Crippen molar-refractivity contribution in [2.45, 2.75) is 276 Å². The van der Waals surface area contributed by atoms with Crippen LogP contribution in [0, 0.1) is 0 Å². The molecule has 0 aromatic heterocycles. The summed E-state index contributed by atoms with van der Waals surface area (Å²) in [6.07, 6.45) is 62.7. The van der Waals surface area contributed by atoms with Crippen molar-refractivity contribution in [3.05, 3.63) is 48.6 Å².